The fourth-order valence-corrected chi connectivity index (χ4v) is 3.23. The van der Waals surface area contributed by atoms with E-state index in [9.17, 15) is 4.79 Å². The number of hydrogen-bond donors (Lipinski definition) is 1. The Hall–Kier alpha value is -2.14. The first-order valence-corrected chi connectivity index (χ1v) is 7.35. The minimum Gasteiger partial charge on any atom is -0.381 e. The molecule has 5 heteroatoms. The first-order valence-electron chi connectivity index (χ1n) is 7.35. The summed E-state index contributed by atoms with van der Waals surface area (Å²) in [5.41, 5.74) is 3.86. The van der Waals surface area contributed by atoms with Gasteiger partial charge in [-0.05, 0) is 24.5 Å². The molecule has 0 aliphatic carbocycles. The predicted octanol–water partition coefficient (Wildman–Crippen LogP) is 2.12. The van der Waals surface area contributed by atoms with Gasteiger partial charge in [0.15, 0.2) is 0 Å². The van der Waals surface area contributed by atoms with E-state index in [1.165, 1.54) is 5.56 Å². The Morgan fingerprint density at radius 2 is 2.29 bits per heavy atom. The molecular weight excluding hydrogens is 266 g/mol. The van der Waals surface area contributed by atoms with Crippen LogP contribution in [0.4, 0.5) is 5.69 Å². The number of carbonyl (C=O) groups excluding carboxylic acids is 1. The van der Waals surface area contributed by atoms with Crippen LogP contribution in [0, 0.1) is 0 Å². The van der Waals surface area contributed by atoms with Crippen molar-refractivity contribution in [3.8, 4) is 0 Å². The van der Waals surface area contributed by atoms with Crippen LogP contribution in [0.15, 0.2) is 30.5 Å². The number of ether oxygens (including phenoxy) is 1. The largest absolute Gasteiger partial charge is 0.381 e. The van der Waals surface area contributed by atoms with E-state index < -0.39 is 0 Å². The van der Waals surface area contributed by atoms with Gasteiger partial charge in [0.2, 0.25) is 0 Å². The smallest absolute Gasteiger partial charge is 0.261 e. The van der Waals surface area contributed by atoms with Crippen LogP contribution in [0.1, 0.15) is 34.0 Å². The molecule has 0 saturated carbocycles. The van der Waals surface area contributed by atoms with Crippen molar-refractivity contribution in [2.75, 3.05) is 24.7 Å². The number of fused-ring (bicyclic) bond motifs is 1. The number of benzene rings is 1. The second-order valence-electron chi connectivity index (χ2n) is 5.59. The van der Waals surface area contributed by atoms with Gasteiger partial charge in [-0.3, -0.25) is 9.89 Å². The Kier molecular flexibility index (Phi) is 3.00. The molecule has 1 fully saturated rings. The highest BCUT2D eigenvalue weighted by Gasteiger charge is 2.30. The van der Waals surface area contributed by atoms with Crippen molar-refractivity contribution < 1.29 is 9.53 Å². The normalized spacial score (nSPS) is 20.8. The lowest BCUT2D eigenvalue weighted by Gasteiger charge is -2.18. The van der Waals surface area contributed by atoms with E-state index in [-0.39, 0.29) is 11.8 Å². The standard InChI is InChI=1S/C16H17N3O2/c20-16(19-7-5-11-3-1-2-4-14(11)19)13-9-17-18-15(13)12-6-8-21-10-12/h1-4,9,12H,5-8,10H2,(H,17,18)/t12-/m0/s1. The molecule has 0 bridgehead atoms. The molecule has 1 saturated heterocycles. The topological polar surface area (TPSA) is 58.2 Å². The SMILES string of the molecule is O=C(c1cn[nH]c1[C@H]1CCOC1)N1CCc2ccccc21. The highest BCUT2D eigenvalue weighted by Crippen LogP contribution is 2.31. The Bertz CT molecular complexity index is 674. The Morgan fingerprint density at radius 3 is 3.14 bits per heavy atom. The van der Waals surface area contributed by atoms with Crippen LogP contribution >= 0.6 is 0 Å². The Labute approximate surface area is 122 Å². The maximum absolute atomic E-state index is 12.9. The number of para-hydroxylation sites is 1. The van der Waals surface area contributed by atoms with Crippen LogP contribution in [0.3, 0.4) is 0 Å². The molecule has 3 heterocycles. The van der Waals surface area contributed by atoms with Gasteiger partial charge in [0.25, 0.3) is 5.91 Å². The average Bonchev–Trinajstić information content (AvgIpc) is 3.25. The van der Waals surface area contributed by atoms with E-state index in [1.807, 2.05) is 23.1 Å². The van der Waals surface area contributed by atoms with E-state index >= 15 is 0 Å². The number of carbonyl (C=O) groups is 1. The second-order valence-corrected chi connectivity index (χ2v) is 5.59. The number of aromatic amines is 1. The summed E-state index contributed by atoms with van der Waals surface area (Å²) in [5.74, 6) is 0.292. The maximum Gasteiger partial charge on any atom is 0.261 e. The van der Waals surface area contributed by atoms with Crippen molar-refractivity contribution in [3.05, 3.63) is 47.3 Å². The molecule has 1 N–H and O–H groups in total. The third-order valence-corrected chi connectivity index (χ3v) is 4.37. The van der Waals surface area contributed by atoms with E-state index in [0.717, 1.165) is 37.4 Å². The fraction of sp³-hybridized carbons (Fsp3) is 0.375. The van der Waals surface area contributed by atoms with Crippen LogP contribution in [0.5, 0.6) is 0 Å². The number of aromatic nitrogens is 2. The molecule has 0 unspecified atom stereocenters. The first-order chi connectivity index (χ1) is 10.3. The quantitative estimate of drug-likeness (QED) is 0.918. The van der Waals surface area contributed by atoms with Crippen molar-refractivity contribution in [1.29, 1.82) is 0 Å². The summed E-state index contributed by atoms with van der Waals surface area (Å²) in [6.07, 6.45) is 3.51. The summed E-state index contributed by atoms with van der Waals surface area (Å²) < 4.78 is 5.42. The minimum absolute atomic E-state index is 0.0376. The molecule has 2 aromatic rings. The molecule has 5 nitrogen and oxygen atoms in total. The predicted molar refractivity (Wildman–Crippen MR) is 78.6 cm³/mol. The van der Waals surface area contributed by atoms with Crippen LogP contribution in [0.2, 0.25) is 0 Å². The zero-order valence-corrected chi connectivity index (χ0v) is 11.7. The monoisotopic (exact) mass is 283 g/mol. The molecule has 1 amide bonds. The third-order valence-electron chi connectivity index (χ3n) is 4.37. The van der Waals surface area contributed by atoms with Crippen LogP contribution < -0.4 is 4.90 Å². The molecule has 1 aromatic heterocycles. The number of rotatable bonds is 2. The Morgan fingerprint density at radius 1 is 1.38 bits per heavy atom. The average molecular weight is 283 g/mol. The molecule has 0 spiro atoms. The molecule has 1 atom stereocenters. The zero-order valence-electron chi connectivity index (χ0n) is 11.7. The van der Waals surface area contributed by atoms with Gasteiger partial charge in [0.05, 0.1) is 24.1 Å². The lowest BCUT2D eigenvalue weighted by atomic mass is 10.0. The number of hydrogen-bond acceptors (Lipinski definition) is 3. The highest BCUT2D eigenvalue weighted by molar-refractivity contribution is 6.07. The van der Waals surface area contributed by atoms with Crippen molar-refractivity contribution in [2.24, 2.45) is 0 Å². The third kappa shape index (κ3) is 2.05. The number of anilines is 1. The molecule has 4 rings (SSSR count). The molecule has 108 valence electrons. The van der Waals surface area contributed by atoms with E-state index in [4.69, 9.17) is 4.74 Å². The number of amides is 1. The lowest BCUT2D eigenvalue weighted by Crippen LogP contribution is -2.29. The second kappa shape index (κ2) is 5.00. The van der Waals surface area contributed by atoms with Crippen molar-refractivity contribution in [2.45, 2.75) is 18.8 Å². The summed E-state index contributed by atoms with van der Waals surface area (Å²) in [6.45, 7) is 2.16. The Balaban J connectivity index is 1.66. The maximum atomic E-state index is 12.9. The number of H-pyrrole nitrogens is 1. The van der Waals surface area contributed by atoms with Gasteiger partial charge >= 0.3 is 0 Å². The van der Waals surface area contributed by atoms with Crippen molar-refractivity contribution >= 4 is 11.6 Å². The van der Waals surface area contributed by atoms with Crippen molar-refractivity contribution in [3.63, 3.8) is 0 Å². The van der Waals surface area contributed by atoms with Crippen molar-refractivity contribution in [1.82, 2.24) is 10.2 Å². The first kappa shape index (κ1) is 12.6. The van der Waals surface area contributed by atoms with Gasteiger partial charge in [-0.25, -0.2) is 0 Å². The molecule has 2 aliphatic heterocycles. The summed E-state index contributed by atoms with van der Waals surface area (Å²) in [6, 6.07) is 8.10. The summed E-state index contributed by atoms with van der Waals surface area (Å²) in [7, 11) is 0. The molecule has 2 aliphatic rings. The molecule has 1 aromatic carbocycles. The molecule has 21 heavy (non-hydrogen) atoms. The molecule has 0 radical (unpaired) electrons. The summed E-state index contributed by atoms with van der Waals surface area (Å²) >= 11 is 0. The van der Waals surface area contributed by atoms with E-state index in [2.05, 4.69) is 16.3 Å². The van der Waals surface area contributed by atoms with E-state index in [0.29, 0.717) is 12.2 Å². The van der Waals surface area contributed by atoms with E-state index in [1.54, 1.807) is 6.20 Å². The minimum atomic E-state index is 0.0376. The van der Waals surface area contributed by atoms with Gasteiger partial charge in [-0.1, -0.05) is 18.2 Å². The van der Waals surface area contributed by atoms with Crippen LogP contribution in [0.25, 0.3) is 0 Å². The number of nitrogens with one attached hydrogen (secondary N) is 1. The fourth-order valence-electron chi connectivity index (χ4n) is 3.23. The van der Waals surface area contributed by atoms with Gasteiger partial charge in [0, 0.05) is 24.8 Å². The summed E-state index contributed by atoms with van der Waals surface area (Å²) in [4.78, 5) is 14.7. The van der Waals surface area contributed by atoms with Gasteiger partial charge in [-0.15, -0.1) is 0 Å². The van der Waals surface area contributed by atoms with Gasteiger partial charge < -0.3 is 9.64 Å². The number of nitrogens with zero attached hydrogens (tertiary/aromatic N) is 2. The van der Waals surface area contributed by atoms with Gasteiger partial charge in [-0.2, -0.15) is 5.10 Å². The van der Waals surface area contributed by atoms with Gasteiger partial charge in [0.1, 0.15) is 0 Å². The highest BCUT2D eigenvalue weighted by atomic mass is 16.5. The molecular formula is C16H17N3O2. The zero-order chi connectivity index (χ0) is 14.2. The summed E-state index contributed by atoms with van der Waals surface area (Å²) in [5, 5.41) is 7.09. The van der Waals surface area contributed by atoms with Crippen LogP contribution in [-0.4, -0.2) is 35.9 Å². The van der Waals surface area contributed by atoms with Crippen LogP contribution in [-0.2, 0) is 11.2 Å². The lowest BCUT2D eigenvalue weighted by molar-refractivity contribution is 0.0988.